The molecule has 0 bridgehead atoms. The van der Waals surface area contributed by atoms with E-state index in [1.807, 2.05) is 0 Å². The number of amides is 2. The second-order valence-electron chi connectivity index (χ2n) is 11.5. The molecule has 1 aliphatic rings. The first-order valence-electron chi connectivity index (χ1n) is 13.0. The summed E-state index contributed by atoms with van der Waals surface area (Å²) in [6.45, 7) is 11.9. The quantitative estimate of drug-likeness (QED) is 0.275. The third kappa shape index (κ3) is 8.49. The summed E-state index contributed by atoms with van der Waals surface area (Å²) in [5, 5.41) is 2.90. The van der Waals surface area contributed by atoms with Gasteiger partial charge in [-0.1, -0.05) is 39.0 Å². The maximum Gasteiger partial charge on any atom is 0.416 e. The lowest BCUT2D eigenvalue weighted by Crippen LogP contribution is -2.49. The van der Waals surface area contributed by atoms with Crippen LogP contribution in [-0.2, 0) is 21.8 Å². The molecule has 2 aromatic carbocycles. The van der Waals surface area contributed by atoms with Crippen molar-refractivity contribution in [1.29, 1.82) is 0 Å². The normalized spacial score (nSPS) is 17.7. The van der Waals surface area contributed by atoms with E-state index < -0.39 is 37.8 Å². The highest BCUT2D eigenvalue weighted by Crippen LogP contribution is 2.37. The minimum absolute atomic E-state index is 0.0300. The van der Waals surface area contributed by atoms with Gasteiger partial charge < -0.3 is 19.4 Å². The number of rotatable bonds is 8. The molecule has 1 saturated heterocycles. The molecule has 0 aromatic heterocycles. The Morgan fingerprint density at radius 3 is 2.36 bits per heavy atom. The lowest BCUT2D eigenvalue weighted by atomic mass is 9.99. The molecule has 1 heterocycles. The molecule has 1 N–H and O–H groups in total. The highest BCUT2D eigenvalue weighted by atomic mass is 28.4. The van der Waals surface area contributed by atoms with Crippen molar-refractivity contribution in [2.75, 3.05) is 32.8 Å². The smallest absolute Gasteiger partial charge is 0.416 e. The van der Waals surface area contributed by atoms with Gasteiger partial charge in [-0.05, 0) is 59.9 Å². The Morgan fingerprint density at radius 2 is 1.77 bits per heavy atom. The molecular weight excluding hydrogens is 535 g/mol. The van der Waals surface area contributed by atoms with Crippen LogP contribution in [0.3, 0.4) is 0 Å². The predicted molar refractivity (Wildman–Crippen MR) is 142 cm³/mol. The van der Waals surface area contributed by atoms with Gasteiger partial charge in [0.2, 0.25) is 0 Å². The second-order valence-corrected chi connectivity index (χ2v) is 16.3. The summed E-state index contributed by atoms with van der Waals surface area (Å²) in [4.78, 5) is 14.6. The zero-order chi connectivity index (χ0) is 29.0. The minimum atomic E-state index is -4.41. The SMILES string of the molecule is CC(C)(C)[Si](C)(C)OCC(CNC(=O)N1CCOC(c2ccc(F)c(F)c2)C1)Cc1ccc(C(F)(F)F)cc1. The maximum absolute atomic E-state index is 13.7. The Bertz CT molecular complexity index is 1120. The van der Waals surface area contributed by atoms with Gasteiger partial charge in [0, 0.05) is 25.6 Å². The molecule has 2 atom stereocenters. The highest BCUT2D eigenvalue weighted by molar-refractivity contribution is 6.74. The molecule has 0 aliphatic carbocycles. The molecule has 1 fully saturated rings. The summed E-state index contributed by atoms with van der Waals surface area (Å²) in [6.07, 6.45) is -4.58. The van der Waals surface area contributed by atoms with Crippen molar-refractivity contribution in [3.8, 4) is 0 Å². The van der Waals surface area contributed by atoms with Gasteiger partial charge in [-0.15, -0.1) is 0 Å². The molecule has 1 aliphatic heterocycles. The Hall–Kier alpha value is -2.50. The number of urea groups is 1. The van der Waals surface area contributed by atoms with Crippen LogP contribution >= 0.6 is 0 Å². The van der Waals surface area contributed by atoms with E-state index >= 15 is 0 Å². The average Bonchev–Trinajstić information content (AvgIpc) is 2.86. The molecule has 0 radical (unpaired) electrons. The summed E-state index contributed by atoms with van der Waals surface area (Å²) in [6, 6.07) is 8.23. The van der Waals surface area contributed by atoms with Crippen molar-refractivity contribution in [3.63, 3.8) is 0 Å². The number of carbonyl (C=O) groups is 1. The summed E-state index contributed by atoms with van der Waals surface area (Å²) in [5.41, 5.74) is 0.441. The zero-order valence-corrected chi connectivity index (χ0v) is 24.0. The van der Waals surface area contributed by atoms with Gasteiger partial charge in [0.05, 0.1) is 18.7 Å². The van der Waals surface area contributed by atoms with Gasteiger partial charge in [0.25, 0.3) is 0 Å². The van der Waals surface area contributed by atoms with E-state index in [1.165, 1.54) is 18.2 Å². The molecule has 39 heavy (non-hydrogen) atoms. The summed E-state index contributed by atoms with van der Waals surface area (Å²) in [7, 11) is -2.11. The van der Waals surface area contributed by atoms with Crippen LogP contribution in [0.5, 0.6) is 0 Å². The number of hydrogen-bond acceptors (Lipinski definition) is 3. The monoisotopic (exact) mass is 572 g/mol. The Labute approximate surface area is 227 Å². The Kier molecular flexibility index (Phi) is 9.82. The van der Waals surface area contributed by atoms with Crippen molar-refractivity contribution in [1.82, 2.24) is 10.2 Å². The van der Waals surface area contributed by atoms with E-state index in [9.17, 15) is 26.7 Å². The molecule has 216 valence electrons. The van der Waals surface area contributed by atoms with Crippen LogP contribution in [0.15, 0.2) is 42.5 Å². The van der Waals surface area contributed by atoms with Crippen molar-refractivity contribution < 1.29 is 35.9 Å². The Balaban J connectivity index is 1.66. The molecule has 2 amide bonds. The molecule has 2 unspecified atom stereocenters. The summed E-state index contributed by atoms with van der Waals surface area (Å²) in [5.74, 6) is -2.11. The third-order valence-corrected chi connectivity index (χ3v) is 12.0. The fourth-order valence-corrected chi connectivity index (χ4v) is 5.07. The number of nitrogens with zero attached hydrogens (tertiary/aromatic N) is 1. The molecule has 5 nitrogen and oxygen atoms in total. The van der Waals surface area contributed by atoms with E-state index in [1.54, 1.807) is 4.90 Å². The van der Waals surface area contributed by atoms with E-state index in [4.69, 9.17) is 9.16 Å². The lowest BCUT2D eigenvalue weighted by Gasteiger charge is -2.37. The number of alkyl halides is 3. The average molecular weight is 573 g/mol. The third-order valence-electron chi connectivity index (χ3n) is 7.50. The predicted octanol–water partition coefficient (Wildman–Crippen LogP) is 6.95. The largest absolute Gasteiger partial charge is 0.416 e. The molecule has 0 spiro atoms. The topological polar surface area (TPSA) is 50.8 Å². The van der Waals surface area contributed by atoms with E-state index in [2.05, 4.69) is 39.2 Å². The number of morpholine rings is 1. The first-order valence-corrected chi connectivity index (χ1v) is 15.9. The van der Waals surface area contributed by atoms with Crippen LogP contribution < -0.4 is 5.32 Å². The van der Waals surface area contributed by atoms with Crippen LogP contribution in [0.1, 0.15) is 43.6 Å². The number of hydrogen-bond donors (Lipinski definition) is 1. The first-order chi connectivity index (χ1) is 18.1. The fourth-order valence-electron chi connectivity index (χ4n) is 3.99. The van der Waals surface area contributed by atoms with Gasteiger partial charge >= 0.3 is 12.2 Å². The number of carbonyl (C=O) groups excluding carboxylic acids is 1. The van der Waals surface area contributed by atoms with Gasteiger partial charge in [0.1, 0.15) is 6.10 Å². The summed E-state index contributed by atoms with van der Waals surface area (Å²) < 4.78 is 78.1. The molecule has 11 heteroatoms. The van der Waals surface area contributed by atoms with Gasteiger partial charge in [0.15, 0.2) is 20.0 Å². The van der Waals surface area contributed by atoms with Crippen molar-refractivity contribution in [3.05, 3.63) is 70.8 Å². The van der Waals surface area contributed by atoms with Gasteiger partial charge in [-0.25, -0.2) is 13.6 Å². The maximum atomic E-state index is 13.7. The lowest BCUT2D eigenvalue weighted by molar-refractivity contribution is -0.137. The molecule has 3 rings (SSSR count). The highest BCUT2D eigenvalue weighted by Gasteiger charge is 2.38. The van der Waals surface area contributed by atoms with Crippen molar-refractivity contribution >= 4 is 14.3 Å². The standard InChI is InChI=1S/C28H37F5N2O3Si/c1-27(2,3)39(4,5)38-18-20(14-19-6-9-22(10-7-19)28(31,32)33)16-34-26(36)35-12-13-37-25(17-35)21-8-11-23(29)24(30)15-21/h6-11,15,20,25H,12-14,16-18H2,1-5H3,(H,34,36). The van der Waals surface area contributed by atoms with E-state index in [0.29, 0.717) is 30.7 Å². The van der Waals surface area contributed by atoms with Gasteiger partial charge in [-0.3, -0.25) is 0 Å². The van der Waals surface area contributed by atoms with Crippen molar-refractivity contribution in [2.45, 2.75) is 57.6 Å². The fraction of sp³-hybridized carbons (Fsp3) is 0.536. The van der Waals surface area contributed by atoms with Crippen LogP contribution in [0.25, 0.3) is 0 Å². The van der Waals surface area contributed by atoms with E-state index in [0.717, 1.165) is 24.3 Å². The van der Waals surface area contributed by atoms with Crippen LogP contribution in [0.4, 0.5) is 26.7 Å². The second kappa shape index (κ2) is 12.3. The number of benzene rings is 2. The molecular formula is C28H37F5N2O3Si. The minimum Gasteiger partial charge on any atom is -0.416 e. The number of ether oxygens (including phenoxy) is 1. The zero-order valence-electron chi connectivity index (χ0n) is 23.0. The van der Waals surface area contributed by atoms with Crippen LogP contribution in [0.2, 0.25) is 18.1 Å². The van der Waals surface area contributed by atoms with Crippen molar-refractivity contribution in [2.24, 2.45) is 5.92 Å². The van der Waals surface area contributed by atoms with Crippen LogP contribution in [0, 0.1) is 17.6 Å². The molecule has 0 saturated carbocycles. The molecule has 2 aromatic rings. The number of nitrogens with one attached hydrogen (secondary N) is 1. The Morgan fingerprint density at radius 1 is 1.10 bits per heavy atom. The summed E-state index contributed by atoms with van der Waals surface area (Å²) >= 11 is 0. The van der Waals surface area contributed by atoms with Gasteiger partial charge in [-0.2, -0.15) is 13.2 Å². The first kappa shape index (κ1) is 31.0. The van der Waals surface area contributed by atoms with Crippen LogP contribution in [-0.4, -0.2) is 52.1 Å². The van der Waals surface area contributed by atoms with E-state index in [-0.39, 0.29) is 36.7 Å². The number of halogens is 5.